The highest BCUT2D eigenvalue weighted by atomic mass is 19.1. The van der Waals surface area contributed by atoms with Crippen molar-refractivity contribution >= 4 is 5.97 Å². The van der Waals surface area contributed by atoms with Gasteiger partial charge in [-0.25, -0.2) is 4.39 Å². The Hall–Kier alpha value is -2.18. The van der Waals surface area contributed by atoms with E-state index in [-0.39, 0.29) is 36.9 Å². The number of unbranched alkanes of at least 4 members (excludes halogenated alkanes) is 1. The number of benzene rings is 1. The SMILES string of the molecule is CC(C)OC(=O)CCC/C=C\C[C@@H]1[C@@H](/C=C/[C@H](F)COc2ccccc2)[C@H](O)C[C@@H]1O. The second-order valence-corrected chi connectivity index (χ2v) is 8.27. The molecule has 6 heteroatoms. The number of alkyl halides is 1. The van der Waals surface area contributed by atoms with Gasteiger partial charge in [-0.3, -0.25) is 4.79 Å². The van der Waals surface area contributed by atoms with Gasteiger partial charge >= 0.3 is 5.97 Å². The fourth-order valence-corrected chi connectivity index (χ4v) is 3.76. The standard InChI is InChI=1S/C25H35FO5/c1-18(2)31-25(29)13-9-4-3-8-12-21-22(24(28)16-23(21)27)15-14-19(26)17-30-20-10-6-5-7-11-20/h3,5-8,10-11,14-15,18-19,21-24,27-28H,4,9,12-13,16-17H2,1-2H3/b8-3-,15-14+/t19-,21+,22+,23-,24+/m0/s1. The summed E-state index contributed by atoms with van der Waals surface area (Å²) in [5.41, 5.74) is 0. The van der Waals surface area contributed by atoms with Crippen LogP contribution in [-0.2, 0) is 9.53 Å². The summed E-state index contributed by atoms with van der Waals surface area (Å²) in [6, 6.07) is 9.04. The maximum absolute atomic E-state index is 14.2. The summed E-state index contributed by atoms with van der Waals surface area (Å²) >= 11 is 0. The number of para-hydroxylation sites is 1. The normalized spacial score (nSPS) is 24.8. The Morgan fingerprint density at radius 2 is 1.94 bits per heavy atom. The number of aliphatic hydroxyl groups is 2. The fraction of sp³-hybridized carbons (Fsp3) is 0.560. The predicted molar refractivity (Wildman–Crippen MR) is 118 cm³/mol. The highest BCUT2D eigenvalue weighted by Crippen LogP contribution is 2.36. The maximum Gasteiger partial charge on any atom is 0.306 e. The first-order valence-electron chi connectivity index (χ1n) is 11.1. The first-order valence-corrected chi connectivity index (χ1v) is 11.1. The molecule has 0 bridgehead atoms. The minimum absolute atomic E-state index is 0.0999. The number of carbonyl (C=O) groups is 1. The van der Waals surface area contributed by atoms with Gasteiger partial charge in [0.2, 0.25) is 0 Å². The topological polar surface area (TPSA) is 76.0 Å². The summed E-state index contributed by atoms with van der Waals surface area (Å²) < 4.78 is 24.7. The van der Waals surface area contributed by atoms with Gasteiger partial charge < -0.3 is 19.7 Å². The van der Waals surface area contributed by atoms with Crippen molar-refractivity contribution in [2.24, 2.45) is 11.8 Å². The average Bonchev–Trinajstić information content (AvgIpc) is 3.00. The van der Waals surface area contributed by atoms with Crippen LogP contribution < -0.4 is 4.74 Å². The molecule has 1 aromatic rings. The quantitative estimate of drug-likeness (QED) is 0.290. The number of halogens is 1. The molecule has 0 aromatic heterocycles. The molecule has 1 aromatic carbocycles. The zero-order valence-corrected chi connectivity index (χ0v) is 18.4. The summed E-state index contributed by atoms with van der Waals surface area (Å²) in [6.07, 6.45) is 6.98. The summed E-state index contributed by atoms with van der Waals surface area (Å²) in [4.78, 5) is 11.5. The third kappa shape index (κ3) is 9.23. The van der Waals surface area contributed by atoms with Crippen molar-refractivity contribution in [3.8, 4) is 5.75 Å². The van der Waals surface area contributed by atoms with Crippen LogP contribution in [0.15, 0.2) is 54.6 Å². The van der Waals surface area contributed by atoms with Gasteiger partial charge in [-0.05, 0) is 51.2 Å². The minimum atomic E-state index is -1.30. The Kier molecular flexibility index (Phi) is 10.7. The van der Waals surface area contributed by atoms with Crippen molar-refractivity contribution in [1.29, 1.82) is 0 Å². The molecule has 1 fully saturated rings. The van der Waals surface area contributed by atoms with Crippen LogP contribution in [-0.4, -0.2) is 47.3 Å². The van der Waals surface area contributed by atoms with Gasteiger partial charge in [0, 0.05) is 18.8 Å². The summed E-state index contributed by atoms with van der Waals surface area (Å²) in [6.45, 7) is 3.55. The van der Waals surface area contributed by atoms with E-state index in [1.165, 1.54) is 6.08 Å². The minimum Gasteiger partial charge on any atom is -0.490 e. The lowest BCUT2D eigenvalue weighted by Gasteiger charge is -2.19. The molecule has 1 aliphatic rings. The second-order valence-electron chi connectivity index (χ2n) is 8.27. The molecule has 0 saturated heterocycles. The third-order valence-corrected chi connectivity index (χ3v) is 5.30. The summed E-state index contributed by atoms with van der Waals surface area (Å²) in [7, 11) is 0. The van der Waals surface area contributed by atoms with E-state index in [0.717, 1.165) is 6.42 Å². The molecule has 0 aliphatic heterocycles. The van der Waals surface area contributed by atoms with Gasteiger partial charge in [0.1, 0.15) is 12.4 Å². The van der Waals surface area contributed by atoms with Crippen molar-refractivity contribution in [2.75, 3.05) is 6.61 Å². The molecule has 0 radical (unpaired) electrons. The van der Waals surface area contributed by atoms with Crippen LogP contribution in [0.5, 0.6) is 5.75 Å². The van der Waals surface area contributed by atoms with Crippen LogP contribution in [0.25, 0.3) is 0 Å². The van der Waals surface area contributed by atoms with Crippen LogP contribution in [0.1, 0.15) is 46.0 Å². The van der Waals surface area contributed by atoms with Gasteiger partial charge in [-0.15, -0.1) is 0 Å². The smallest absolute Gasteiger partial charge is 0.306 e. The molecular weight excluding hydrogens is 399 g/mol. The summed E-state index contributed by atoms with van der Waals surface area (Å²) in [5, 5.41) is 20.6. The molecule has 5 atom stereocenters. The lowest BCUT2D eigenvalue weighted by atomic mass is 9.89. The molecule has 1 saturated carbocycles. The van der Waals surface area contributed by atoms with Gasteiger partial charge in [0.15, 0.2) is 6.17 Å². The van der Waals surface area contributed by atoms with E-state index in [2.05, 4.69) is 0 Å². The number of hydrogen-bond acceptors (Lipinski definition) is 5. The second kappa shape index (κ2) is 13.3. The highest BCUT2D eigenvalue weighted by Gasteiger charge is 2.39. The summed E-state index contributed by atoms with van der Waals surface area (Å²) in [5.74, 6) is -0.0680. The Morgan fingerprint density at radius 1 is 1.19 bits per heavy atom. The van der Waals surface area contributed by atoms with Crippen LogP contribution in [0.2, 0.25) is 0 Å². The van der Waals surface area contributed by atoms with Crippen LogP contribution in [0.3, 0.4) is 0 Å². The van der Waals surface area contributed by atoms with E-state index in [4.69, 9.17) is 9.47 Å². The Balaban J connectivity index is 1.77. The fourth-order valence-electron chi connectivity index (χ4n) is 3.76. The van der Waals surface area contributed by atoms with Crippen LogP contribution >= 0.6 is 0 Å². The number of ether oxygens (including phenoxy) is 2. The van der Waals surface area contributed by atoms with E-state index in [1.807, 2.05) is 44.2 Å². The first-order chi connectivity index (χ1) is 14.9. The zero-order chi connectivity index (χ0) is 22.6. The highest BCUT2D eigenvalue weighted by molar-refractivity contribution is 5.69. The number of aliphatic hydroxyl groups excluding tert-OH is 2. The van der Waals surface area contributed by atoms with Crippen molar-refractivity contribution in [1.82, 2.24) is 0 Å². The first kappa shape index (κ1) is 25.1. The maximum atomic E-state index is 14.2. The van der Waals surface area contributed by atoms with E-state index >= 15 is 0 Å². The Bertz CT molecular complexity index is 703. The van der Waals surface area contributed by atoms with Gasteiger partial charge in [-0.2, -0.15) is 0 Å². The lowest BCUT2D eigenvalue weighted by Crippen LogP contribution is -2.20. The van der Waals surface area contributed by atoms with Crippen molar-refractivity contribution in [2.45, 2.75) is 70.4 Å². The van der Waals surface area contributed by atoms with E-state index in [1.54, 1.807) is 18.2 Å². The van der Waals surface area contributed by atoms with E-state index < -0.39 is 18.4 Å². The average molecular weight is 435 g/mol. The number of hydrogen-bond donors (Lipinski definition) is 2. The van der Waals surface area contributed by atoms with Crippen molar-refractivity contribution in [3.05, 3.63) is 54.6 Å². The molecule has 31 heavy (non-hydrogen) atoms. The van der Waals surface area contributed by atoms with Gasteiger partial charge in [0.05, 0.1) is 18.3 Å². The number of carbonyl (C=O) groups excluding carboxylic acids is 1. The van der Waals surface area contributed by atoms with Crippen LogP contribution in [0, 0.1) is 11.8 Å². The molecule has 2 N–H and O–H groups in total. The third-order valence-electron chi connectivity index (χ3n) is 5.30. The molecule has 5 nitrogen and oxygen atoms in total. The number of allylic oxidation sites excluding steroid dienone is 2. The molecule has 0 spiro atoms. The molecule has 0 heterocycles. The van der Waals surface area contributed by atoms with Crippen molar-refractivity contribution in [3.63, 3.8) is 0 Å². The number of rotatable bonds is 12. The zero-order valence-electron chi connectivity index (χ0n) is 18.4. The number of esters is 1. The van der Waals surface area contributed by atoms with E-state index in [0.29, 0.717) is 25.0 Å². The predicted octanol–water partition coefficient (Wildman–Crippen LogP) is 4.39. The van der Waals surface area contributed by atoms with E-state index in [9.17, 15) is 19.4 Å². The van der Waals surface area contributed by atoms with Crippen molar-refractivity contribution < 1.29 is 28.9 Å². The Labute approximate surface area is 184 Å². The molecule has 2 rings (SSSR count). The molecule has 172 valence electrons. The largest absolute Gasteiger partial charge is 0.490 e. The van der Waals surface area contributed by atoms with Crippen LogP contribution in [0.4, 0.5) is 4.39 Å². The van der Waals surface area contributed by atoms with Gasteiger partial charge in [-0.1, -0.05) is 42.5 Å². The molecule has 1 aliphatic carbocycles. The monoisotopic (exact) mass is 434 g/mol. The molecular formula is C25H35FO5. The molecule has 0 unspecified atom stereocenters. The lowest BCUT2D eigenvalue weighted by molar-refractivity contribution is -0.147. The van der Waals surface area contributed by atoms with Gasteiger partial charge in [0.25, 0.3) is 0 Å². The Morgan fingerprint density at radius 3 is 2.65 bits per heavy atom. The molecule has 0 amide bonds.